The standard InChI is InChI=1S/C63H98O12/c1-4-7-10-13-16-19-22-25-27-28-30-32-34-37-40-43-46-49-55(64)71-52-54(73-56(65)50-47-44-41-38-35-31-24-21-18-15-12-9-6-3)53-72-63-61(59(68)58(67)60(75-63)62(69)70)74-57(66)51-48-45-42-39-36-33-29-26-23-20-17-14-11-8-5-2/h7,9-10,12,16,18-19,21,25-27,29-32,35,37,40-41,44,54,58-61,63,67-68H,4-6,8,11,13-15,17,20,22-24,28,33-34,36,38-39,42-43,45-53H2,1-3H3,(H,69,70)/b10-7-,12-9-,19-16-,21-18-,27-25-,29-26-,32-30-,35-31-,40-37-,44-41-. The van der Waals surface area contributed by atoms with E-state index in [-0.39, 0.29) is 25.9 Å². The van der Waals surface area contributed by atoms with Crippen LogP contribution in [0.4, 0.5) is 0 Å². The third kappa shape index (κ3) is 40.1. The highest BCUT2D eigenvalue weighted by atomic mass is 16.7. The molecule has 3 N–H and O–H groups in total. The lowest BCUT2D eigenvalue weighted by atomic mass is 9.98. The Labute approximate surface area is 452 Å². The molecule has 0 amide bonds. The number of carbonyl (C=O) groups is 4. The van der Waals surface area contributed by atoms with Crippen LogP contribution in [0.1, 0.15) is 201 Å². The summed E-state index contributed by atoms with van der Waals surface area (Å²) < 4.78 is 28.2. The Morgan fingerprint density at radius 3 is 1.39 bits per heavy atom. The second-order valence-corrected chi connectivity index (χ2v) is 18.8. The van der Waals surface area contributed by atoms with Crippen molar-refractivity contribution in [2.75, 3.05) is 13.2 Å². The minimum Gasteiger partial charge on any atom is -0.479 e. The number of allylic oxidation sites excluding steroid dienone is 20. The summed E-state index contributed by atoms with van der Waals surface area (Å²) in [5, 5.41) is 31.4. The van der Waals surface area contributed by atoms with Crippen molar-refractivity contribution in [3.05, 3.63) is 122 Å². The Bertz CT molecular complexity index is 1770. The number of ether oxygens (including phenoxy) is 5. The predicted molar refractivity (Wildman–Crippen MR) is 303 cm³/mol. The third-order valence-corrected chi connectivity index (χ3v) is 12.0. The predicted octanol–water partition coefficient (Wildman–Crippen LogP) is 14.4. The van der Waals surface area contributed by atoms with Crippen LogP contribution in [-0.4, -0.2) is 89.2 Å². The van der Waals surface area contributed by atoms with Crippen LogP contribution in [0.3, 0.4) is 0 Å². The number of hydrogen-bond donors (Lipinski definition) is 3. The van der Waals surface area contributed by atoms with E-state index in [9.17, 15) is 34.5 Å². The molecule has 12 heteroatoms. The van der Waals surface area contributed by atoms with Crippen LogP contribution >= 0.6 is 0 Å². The summed E-state index contributed by atoms with van der Waals surface area (Å²) in [5.41, 5.74) is 0. The third-order valence-electron chi connectivity index (χ3n) is 12.0. The fourth-order valence-electron chi connectivity index (χ4n) is 7.70. The Kier molecular flexibility index (Phi) is 45.4. The molecule has 1 rings (SSSR count). The van der Waals surface area contributed by atoms with Gasteiger partial charge < -0.3 is 39.0 Å². The van der Waals surface area contributed by atoms with E-state index >= 15 is 0 Å². The number of esters is 3. The molecule has 0 saturated carbocycles. The average Bonchev–Trinajstić information content (AvgIpc) is 3.39. The monoisotopic (exact) mass is 1050 g/mol. The second kappa shape index (κ2) is 50.0. The van der Waals surface area contributed by atoms with Crippen LogP contribution < -0.4 is 0 Å². The number of carboxylic acid groups (broad SMARTS) is 1. The van der Waals surface area contributed by atoms with Gasteiger partial charge in [0.05, 0.1) is 6.61 Å². The van der Waals surface area contributed by atoms with Gasteiger partial charge in [0.15, 0.2) is 24.6 Å². The molecule has 75 heavy (non-hydrogen) atoms. The molecular weight excluding hydrogens is 949 g/mol. The lowest BCUT2D eigenvalue weighted by Gasteiger charge is -2.40. The number of carbonyl (C=O) groups excluding carboxylic acids is 3. The molecule has 0 bridgehead atoms. The number of hydrogen-bond acceptors (Lipinski definition) is 11. The normalized spacial score (nSPS) is 19.1. The Morgan fingerprint density at radius 2 is 0.880 bits per heavy atom. The van der Waals surface area contributed by atoms with Gasteiger partial charge in [-0.2, -0.15) is 0 Å². The second-order valence-electron chi connectivity index (χ2n) is 18.8. The first-order chi connectivity index (χ1) is 36.6. The molecule has 6 atom stereocenters. The van der Waals surface area contributed by atoms with Crippen LogP contribution in [0, 0.1) is 0 Å². The Hall–Kier alpha value is -4.88. The van der Waals surface area contributed by atoms with Gasteiger partial charge in [-0.3, -0.25) is 14.4 Å². The maximum absolute atomic E-state index is 13.1. The first kappa shape index (κ1) is 68.1. The first-order valence-electron chi connectivity index (χ1n) is 28.5. The van der Waals surface area contributed by atoms with E-state index in [1.54, 1.807) is 0 Å². The molecule has 0 aliphatic carbocycles. The van der Waals surface area contributed by atoms with Gasteiger partial charge in [0, 0.05) is 19.3 Å². The molecule has 1 saturated heterocycles. The number of carboxylic acids is 1. The van der Waals surface area contributed by atoms with E-state index in [1.165, 1.54) is 38.5 Å². The van der Waals surface area contributed by atoms with Gasteiger partial charge in [-0.1, -0.05) is 194 Å². The molecule has 1 aliphatic heterocycles. The maximum Gasteiger partial charge on any atom is 0.335 e. The molecule has 0 aromatic carbocycles. The molecule has 1 fully saturated rings. The molecule has 12 nitrogen and oxygen atoms in total. The highest BCUT2D eigenvalue weighted by Gasteiger charge is 2.50. The van der Waals surface area contributed by atoms with Crippen LogP contribution in [-0.2, 0) is 42.9 Å². The number of rotatable bonds is 46. The molecule has 422 valence electrons. The first-order valence-corrected chi connectivity index (χ1v) is 28.5. The summed E-state index contributed by atoms with van der Waals surface area (Å²) >= 11 is 0. The molecule has 0 aromatic rings. The van der Waals surface area contributed by atoms with E-state index in [0.717, 1.165) is 89.9 Å². The zero-order chi connectivity index (χ0) is 54.7. The molecular formula is C63H98O12. The van der Waals surface area contributed by atoms with Crippen LogP contribution in [0.2, 0.25) is 0 Å². The van der Waals surface area contributed by atoms with Crippen molar-refractivity contribution in [3.63, 3.8) is 0 Å². The van der Waals surface area contributed by atoms with Crippen molar-refractivity contribution < 1.29 is 58.2 Å². The zero-order valence-electron chi connectivity index (χ0n) is 46.2. The smallest absolute Gasteiger partial charge is 0.335 e. The van der Waals surface area contributed by atoms with Crippen molar-refractivity contribution in [2.45, 2.75) is 237 Å². The lowest BCUT2D eigenvalue weighted by Crippen LogP contribution is -2.61. The summed E-state index contributed by atoms with van der Waals surface area (Å²) in [4.78, 5) is 51.0. The highest BCUT2D eigenvalue weighted by molar-refractivity contribution is 5.74. The highest BCUT2D eigenvalue weighted by Crippen LogP contribution is 2.26. The van der Waals surface area contributed by atoms with E-state index in [4.69, 9.17) is 23.7 Å². The van der Waals surface area contributed by atoms with Crippen molar-refractivity contribution >= 4 is 23.9 Å². The fourth-order valence-corrected chi connectivity index (χ4v) is 7.70. The van der Waals surface area contributed by atoms with Gasteiger partial charge in [-0.15, -0.1) is 0 Å². The van der Waals surface area contributed by atoms with Crippen LogP contribution in [0.25, 0.3) is 0 Å². The van der Waals surface area contributed by atoms with E-state index in [0.29, 0.717) is 32.1 Å². The zero-order valence-corrected chi connectivity index (χ0v) is 46.2. The Morgan fingerprint density at radius 1 is 0.453 bits per heavy atom. The van der Waals surface area contributed by atoms with E-state index in [2.05, 4.69) is 112 Å². The molecule has 0 radical (unpaired) electrons. The minimum absolute atomic E-state index is 0.0223. The largest absolute Gasteiger partial charge is 0.479 e. The van der Waals surface area contributed by atoms with E-state index < -0.39 is 67.3 Å². The molecule has 0 spiro atoms. The van der Waals surface area contributed by atoms with Gasteiger partial charge >= 0.3 is 23.9 Å². The summed E-state index contributed by atoms with van der Waals surface area (Å²) in [6.45, 7) is 5.62. The van der Waals surface area contributed by atoms with Gasteiger partial charge in [0.1, 0.15) is 18.8 Å². The molecule has 1 heterocycles. The van der Waals surface area contributed by atoms with Crippen molar-refractivity contribution in [1.29, 1.82) is 0 Å². The average molecular weight is 1050 g/mol. The van der Waals surface area contributed by atoms with Gasteiger partial charge in [0.25, 0.3) is 0 Å². The molecule has 1 aliphatic rings. The summed E-state index contributed by atoms with van der Waals surface area (Å²) in [6.07, 6.45) is 56.3. The lowest BCUT2D eigenvalue weighted by molar-refractivity contribution is -0.301. The number of aliphatic hydroxyl groups excluding tert-OH is 2. The van der Waals surface area contributed by atoms with Gasteiger partial charge in [0.2, 0.25) is 0 Å². The van der Waals surface area contributed by atoms with E-state index in [1.807, 2.05) is 30.4 Å². The van der Waals surface area contributed by atoms with Crippen LogP contribution in [0.5, 0.6) is 0 Å². The fraction of sp³-hybridized carbons (Fsp3) is 0.619. The van der Waals surface area contributed by atoms with Crippen molar-refractivity contribution in [2.24, 2.45) is 0 Å². The number of unbranched alkanes of at least 4 members (excludes halogenated alkanes) is 12. The quantitative estimate of drug-likeness (QED) is 0.0228. The summed E-state index contributed by atoms with van der Waals surface area (Å²) in [5.74, 6) is -3.34. The maximum atomic E-state index is 13.1. The number of aliphatic hydroxyl groups is 2. The summed E-state index contributed by atoms with van der Waals surface area (Å²) in [7, 11) is 0. The van der Waals surface area contributed by atoms with Crippen molar-refractivity contribution in [1.82, 2.24) is 0 Å². The van der Waals surface area contributed by atoms with Gasteiger partial charge in [-0.25, -0.2) is 4.79 Å². The summed E-state index contributed by atoms with van der Waals surface area (Å²) in [6, 6.07) is 0. The van der Waals surface area contributed by atoms with Crippen molar-refractivity contribution in [3.8, 4) is 0 Å². The molecule has 0 aromatic heterocycles. The molecule has 6 unspecified atom stereocenters. The number of aliphatic carboxylic acids is 1. The topological polar surface area (TPSA) is 175 Å². The Balaban J connectivity index is 2.79. The minimum atomic E-state index is -1.93. The van der Waals surface area contributed by atoms with Gasteiger partial charge in [-0.05, 0) is 109 Å². The SMILES string of the molecule is CC/C=C\C/C=C\C/C=C\C/C=C\C/C=C\CCCC(=O)OCC(COC1OC(C(=O)O)C(O)C(O)C1OC(=O)CCCCCCC/C=C\CCCCCCCC)OC(=O)CC/C=C\C/C=C\C/C=C\C/C=C\CC. The van der Waals surface area contributed by atoms with Crippen LogP contribution in [0.15, 0.2) is 122 Å².